The van der Waals surface area contributed by atoms with Crippen LogP contribution in [0, 0.1) is 0 Å². The van der Waals surface area contributed by atoms with Gasteiger partial charge in [-0.05, 0) is 0 Å². The molecule has 1 heteroatoms. The Labute approximate surface area is 104 Å². The minimum absolute atomic E-state index is 0.452. The van der Waals surface area contributed by atoms with E-state index in [9.17, 15) is 0 Å². The van der Waals surface area contributed by atoms with Gasteiger partial charge in [0.05, 0.1) is 0 Å². The molecular formula is C14H18Zr. The van der Waals surface area contributed by atoms with Gasteiger partial charge in [-0.15, -0.1) is 0 Å². The van der Waals surface area contributed by atoms with Crippen molar-refractivity contribution in [1.29, 1.82) is 0 Å². The molecule has 0 saturated heterocycles. The van der Waals surface area contributed by atoms with Crippen molar-refractivity contribution in [2.75, 3.05) is 0 Å². The molecule has 0 spiro atoms. The van der Waals surface area contributed by atoms with Gasteiger partial charge in [-0.2, -0.15) is 0 Å². The van der Waals surface area contributed by atoms with Crippen LogP contribution >= 0.6 is 0 Å². The second kappa shape index (κ2) is 4.79. The number of allylic oxidation sites excluding steroid dienone is 8. The van der Waals surface area contributed by atoms with Crippen LogP contribution < -0.4 is 0 Å². The third-order valence-corrected chi connectivity index (χ3v) is 7.47. The Balaban J connectivity index is 2.12. The molecule has 0 heterocycles. The predicted octanol–water partition coefficient (Wildman–Crippen LogP) is 4.32. The number of hydrogen-bond acceptors (Lipinski definition) is 0. The Kier molecular flexibility index (Phi) is 3.62. The Morgan fingerprint density at radius 2 is 2.07 bits per heavy atom. The summed E-state index contributed by atoms with van der Waals surface area (Å²) in [4.78, 5) is 0. The van der Waals surface area contributed by atoms with Gasteiger partial charge in [0.25, 0.3) is 0 Å². The van der Waals surface area contributed by atoms with E-state index in [0.29, 0.717) is 0 Å². The predicted molar refractivity (Wildman–Crippen MR) is 62.1 cm³/mol. The van der Waals surface area contributed by atoms with Crippen molar-refractivity contribution in [3.63, 3.8) is 0 Å². The Morgan fingerprint density at radius 1 is 1.27 bits per heavy atom. The molecule has 15 heavy (non-hydrogen) atoms. The van der Waals surface area contributed by atoms with Gasteiger partial charge >= 0.3 is 105 Å². The molecule has 2 aliphatic rings. The molecule has 0 amide bonds. The fourth-order valence-electron chi connectivity index (χ4n) is 2.11. The summed E-state index contributed by atoms with van der Waals surface area (Å²) in [7, 11) is 0. The summed E-state index contributed by atoms with van der Waals surface area (Å²) in [6, 6.07) is 0. The molecule has 0 aromatic rings. The summed E-state index contributed by atoms with van der Waals surface area (Å²) in [5.41, 5.74) is 4.84. The van der Waals surface area contributed by atoms with E-state index in [1.54, 1.807) is 23.3 Å². The third kappa shape index (κ3) is 2.33. The summed E-state index contributed by atoms with van der Waals surface area (Å²) < 4.78 is 3.54. The first-order chi connectivity index (χ1) is 7.22. The van der Waals surface area contributed by atoms with Gasteiger partial charge in [0.15, 0.2) is 0 Å². The van der Waals surface area contributed by atoms with Crippen LogP contribution in [0.4, 0.5) is 0 Å². The fraction of sp³-hybridized carbons (Fsp3) is 0.429. The first kappa shape index (κ1) is 11.3. The Bertz CT molecular complexity index is 392. The molecule has 0 unspecified atom stereocenters. The molecule has 0 aromatic carbocycles. The first-order valence-electron chi connectivity index (χ1n) is 5.74. The summed E-state index contributed by atoms with van der Waals surface area (Å²) in [6.07, 6.45) is 10.9. The average Bonchev–Trinajstić information content (AvgIpc) is 2.80. The molecule has 78 valence electrons. The normalized spacial score (nSPS) is 20.3. The van der Waals surface area contributed by atoms with Crippen molar-refractivity contribution in [2.24, 2.45) is 0 Å². The molecule has 0 nitrogen and oxygen atoms in total. The molecule has 0 N–H and O–H groups in total. The van der Waals surface area contributed by atoms with Crippen LogP contribution in [0.15, 0.2) is 41.5 Å². The zero-order valence-corrected chi connectivity index (χ0v) is 12.3. The standard InChI is InChI=1S/2C7H9.Zr/c1-6-4-3-5-7(6)2;1-2-7-5-3-4-6-7;/h3H,4H2,1-2H3;3,5H,2,4H2,1H3;. The monoisotopic (exact) mass is 276 g/mol. The maximum absolute atomic E-state index is 2.48. The van der Waals surface area contributed by atoms with Crippen molar-refractivity contribution in [1.82, 2.24) is 0 Å². The van der Waals surface area contributed by atoms with E-state index in [2.05, 4.69) is 39.0 Å². The van der Waals surface area contributed by atoms with E-state index in [4.69, 9.17) is 0 Å². The molecule has 2 aliphatic carbocycles. The van der Waals surface area contributed by atoms with Crippen molar-refractivity contribution < 1.29 is 23.2 Å². The van der Waals surface area contributed by atoms with Crippen molar-refractivity contribution in [3.05, 3.63) is 41.5 Å². The number of hydrogen-bond donors (Lipinski definition) is 0. The topological polar surface area (TPSA) is 0 Å². The van der Waals surface area contributed by atoms with E-state index in [1.807, 2.05) is 0 Å². The molecule has 0 aliphatic heterocycles. The van der Waals surface area contributed by atoms with Crippen LogP contribution in [-0.2, 0) is 23.2 Å². The molecule has 0 aromatic heterocycles. The Hall–Kier alpha value is -0.157. The molecule has 0 radical (unpaired) electrons. The van der Waals surface area contributed by atoms with Gasteiger partial charge in [-0.25, -0.2) is 0 Å². The van der Waals surface area contributed by atoms with E-state index in [-0.39, 0.29) is 0 Å². The van der Waals surface area contributed by atoms with Crippen molar-refractivity contribution >= 4 is 0 Å². The van der Waals surface area contributed by atoms with Gasteiger partial charge in [-0.3, -0.25) is 0 Å². The van der Waals surface area contributed by atoms with Gasteiger partial charge < -0.3 is 0 Å². The summed E-state index contributed by atoms with van der Waals surface area (Å²) in [6.45, 7) is 6.87. The van der Waals surface area contributed by atoms with Crippen LogP contribution in [0.5, 0.6) is 0 Å². The minimum atomic E-state index is -0.452. The summed E-state index contributed by atoms with van der Waals surface area (Å²) in [5, 5.41) is 0. The first-order valence-corrected chi connectivity index (χ1v) is 8.20. The quantitative estimate of drug-likeness (QED) is 0.721. The molecule has 0 fully saturated rings. The van der Waals surface area contributed by atoms with Gasteiger partial charge in [0.2, 0.25) is 0 Å². The zero-order valence-electron chi connectivity index (χ0n) is 9.85. The molecular weight excluding hydrogens is 259 g/mol. The molecule has 0 bridgehead atoms. The molecule has 0 saturated carbocycles. The second-order valence-corrected chi connectivity index (χ2v) is 7.74. The van der Waals surface area contributed by atoms with Crippen molar-refractivity contribution in [3.8, 4) is 0 Å². The van der Waals surface area contributed by atoms with Crippen molar-refractivity contribution in [2.45, 2.75) is 40.0 Å². The van der Waals surface area contributed by atoms with Crippen LogP contribution in [0.1, 0.15) is 40.0 Å². The van der Waals surface area contributed by atoms with Gasteiger partial charge in [0.1, 0.15) is 0 Å². The van der Waals surface area contributed by atoms with Crippen LogP contribution in [-0.4, -0.2) is 0 Å². The summed E-state index contributed by atoms with van der Waals surface area (Å²) in [5.74, 6) is 0. The van der Waals surface area contributed by atoms with E-state index in [0.717, 1.165) is 0 Å². The van der Waals surface area contributed by atoms with Gasteiger partial charge in [-0.1, -0.05) is 0 Å². The van der Waals surface area contributed by atoms with E-state index < -0.39 is 23.2 Å². The fourth-order valence-corrected chi connectivity index (χ4v) is 5.97. The van der Waals surface area contributed by atoms with Crippen LogP contribution in [0.3, 0.4) is 0 Å². The van der Waals surface area contributed by atoms with E-state index in [1.165, 1.54) is 19.3 Å². The zero-order chi connectivity index (χ0) is 10.8. The van der Waals surface area contributed by atoms with Crippen LogP contribution in [0.25, 0.3) is 0 Å². The third-order valence-electron chi connectivity index (χ3n) is 3.35. The maximum atomic E-state index is 2.48. The second-order valence-electron chi connectivity index (χ2n) is 4.32. The van der Waals surface area contributed by atoms with E-state index >= 15 is 0 Å². The molecule has 0 atom stereocenters. The number of rotatable bonds is 3. The average molecular weight is 278 g/mol. The van der Waals surface area contributed by atoms with Crippen LogP contribution in [0.2, 0.25) is 0 Å². The van der Waals surface area contributed by atoms with Gasteiger partial charge in [0, 0.05) is 0 Å². The SMILES string of the molecule is CCC1=[C]([Zr][C]2=CCC(C)=C2C)CC=C1. The molecule has 2 rings (SSSR count). The Morgan fingerprint density at radius 3 is 2.67 bits per heavy atom. The summed E-state index contributed by atoms with van der Waals surface area (Å²) >= 11 is -0.452.